The predicted molar refractivity (Wildman–Crippen MR) is 67.7 cm³/mol. The molecule has 0 aliphatic carbocycles. The van der Waals surface area contributed by atoms with Gasteiger partial charge in [-0.3, -0.25) is 9.59 Å². The molecule has 0 spiro atoms. The first kappa shape index (κ1) is 14.0. The fourth-order valence-corrected chi connectivity index (χ4v) is 1.83. The van der Waals surface area contributed by atoms with Gasteiger partial charge in [-0.2, -0.15) is 13.2 Å². The Morgan fingerprint density at radius 1 is 0.750 bits per heavy atom. The number of halogens is 3. The smallest absolute Gasteiger partial charge is 0.298 e. The van der Waals surface area contributed by atoms with Gasteiger partial charge >= 0.3 is 6.18 Å². The first-order chi connectivity index (χ1) is 9.44. The maximum Gasteiger partial charge on any atom is 0.416 e. The van der Waals surface area contributed by atoms with Crippen LogP contribution in [0.5, 0.6) is 0 Å². The Labute approximate surface area is 112 Å². The van der Waals surface area contributed by atoms with E-state index in [1.807, 2.05) is 0 Å². The monoisotopic (exact) mass is 278 g/mol. The molecule has 0 bridgehead atoms. The number of rotatable bonds is 3. The van der Waals surface area contributed by atoms with Crippen LogP contribution >= 0.6 is 0 Å². The zero-order valence-corrected chi connectivity index (χ0v) is 10.1. The molecule has 0 N–H and O–H groups in total. The molecule has 2 aromatic carbocycles. The lowest BCUT2D eigenvalue weighted by Crippen LogP contribution is -2.04. The quantitative estimate of drug-likeness (QED) is 0.795. The van der Waals surface area contributed by atoms with Crippen LogP contribution in [0.15, 0.2) is 42.5 Å². The van der Waals surface area contributed by atoms with E-state index < -0.39 is 11.7 Å². The summed E-state index contributed by atoms with van der Waals surface area (Å²) >= 11 is 0. The van der Waals surface area contributed by atoms with Crippen molar-refractivity contribution in [3.63, 3.8) is 0 Å². The topological polar surface area (TPSA) is 34.1 Å². The Kier molecular flexibility index (Phi) is 3.70. The molecule has 0 atom stereocenters. The average molecular weight is 278 g/mol. The summed E-state index contributed by atoms with van der Waals surface area (Å²) < 4.78 is 37.4. The third kappa shape index (κ3) is 2.93. The molecule has 0 amide bonds. The first-order valence-corrected chi connectivity index (χ1v) is 5.67. The minimum Gasteiger partial charge on any atom is -0.298 e. The fourth-order valence-electron chi connectivity index (χ4n) is 1.83. The molecule has 102 valence electrons. The van der Waals surface area contributed by atoms with Crippen molar-refractivity contribution in [2.45, 2.75) is 6.18 Å². The van der Waals surface area contributed by atoms with E-state index in [0.717, 1.165) is 12.1 Å². The van der Waals surface area contributed by atoms with Crippen LogP contribution in [-0.4, -0.2) is 12.6 Å². The summed E-state index contributed by atoms with van der Waals surface area (Å²) in [5.74, 6) is 0. The summed E-state index contributed by atoms with van der Waals surface area (Å²) in [4.78, 5) is 21.6. The van der Waals surface area contributed by atoms with Crippen molar-refractivity contribution < 1.29 is 22.8 Å². The zero-order chi connectivity index (χ0) is 14.8. The van der Waals surface area contributed by atoms with E-state index in [-0.39, 0.29) is 0 Å². The summed E-state index contributed by atoms with van der Waals surface area (Å²) in [7, 11) is 0. The number of aldehydes is 2. The maximum atomic E-state index is 12.5. The lowest BCUT2D eigenvalue weighted by molar-refractivity contribution is -0.137. The maximum absolute atomic E-state index is 12.5. The van der Waals surface area contributed by atoms with E-state index >= 15 is 0 Å². The van der Waals surface area contributed by atoms with Crippen LogP contribution in [0.4, 0.5) is 13.2 Å². The number of hydrogen-bond donors (Lipinski definition) is 0. The molecule has 0 heterocycles. The van der Waals surface area contributed by atoms with Crippen molar-refractivity contribution in [1.82, 2.24) is 0 Å². The van der Waals surface area contributed by atoms with E-state index in [0.29, 0.717) is 34.8 Å². The van der Waals surface area contributed by atoms with Gasteiger partial charge in [0, 0.05) is 11.1 Å². The van der Waals surface area contributed by atoms with Crippen LogP contribution < -0.4 is 0 Å². The molecule has 0 radical (unpaired) electrons. The number of alkyl halides is 3. The Morgan fingerprint density at radius 3 is 1.65 bits per heavy atom. The standard InChI is InChI=1S/C15H9F3O2/c16-15(17,18)14-3-1-12(2-4-14)13-6-10(8-19)5-11(7-13)9-20/h1-9H. The van der Waals surface area contributed by atoms with Gasteiger partial charge in [-0.25, -0.2) is 0 Å². The number of carbonyl (C=O) groups is 2. The molecule has 2 aromatic rings. The summed E-state index contributed by atoms with van der Waals surface area (Å²) in [6.07, 6.45) is -3.22. The van der Waals surface area contributed by atoms with Crippen molar-refractivity contribution in [2.24, 2.45) is 0 Å². The molecule has 0 aliphatic heterocycles. The van der Waals surface area contributed by atoms with Crippen LogP contribution in [0.2, 0.25) is 0 Å². The highest BCUT2D eigenvalue weighted by Gasteiger charge is 2.29. The second kappa shape index (κ2) is 5.28. The van der Waals surface area contributed by atoms with Crippen LogP contribution in [-0.2, 0) is 6.18 Å². The minimum absolute atomic E-state index is 0.296. The third-order valence-electron chi connectivity index (χ3n) is 2.80. The SMILES string of the molecule is O=Cc1cc(C=O)cc(-c2ccc(C(F)(F)F)cc2)c1. The number of hydrogen-bond acceptors (Lipinski definition) is 2. The molecule has 0 saturated heterocycles. The van der Waals surface area contributed by atoms with Gasteiger partial charge in [0.1, 0.15) is 12.6 Å². The zero-order valence-electron chi connectivity index (χ0n) is 10.1. The van der Waals surface area contributed by atoms with Crippen molar-refractivity contribution >= 4 is 12.6 Å². The van der Waals surface area contributed by atoms with Crippen molar-refractivity contribution in [3.05, 3.63) is 59.2 Å². The number of carbonyl (C=O) groups excluding carboxylic acids is 2. The van der Waals surface area contributed by atoms with Gasteiger partial charge in [0.05, 0.1) is 5.56 Å². The Bertz CT molecular complexity index is 617. The second-order valence-electron chi connectivity index (χ2n) is 4.20. The molecule has 5 heteroatoms. The molecule has 0 fully saturated rings. The molecular weight excluding hydrogens is 269 g/mol. The van der Waals surface area contributed by atoms with Gasteiger partial charge < -0.3 is 0 Å². The van der Waals surface area contributed by atoms with E-state index in [9.17, 15) is 22.8 Å². The van der Waals surface area contributed by atoms with Gasteiger partial charge in [0.15, 0.2) is 0 Å². The highest BCUT2D eigenvalue weighted by molar-refractivity contribution is 5.86. The molecule has 2 rings (SSSR count). The van der Waals surface area contributed by atoms with E-state index in [4.69, 9.17) is 0 Å². The normalized spacial score (nSPS) is 11.2. The summed E-state index contributed by atoms with van der Waals surface area (Å²) in [5.41, 5.74) is 0.868. The van der Waals surface area contributed by atoms with Gasteiger partial charge in [-0.05, 0) is 41.5 Å². The summed E-state index contributed by atoms with van der Waals surface area (Å²) in [6.45, 7) is 0. The van der Waals surface area contributed by atoms with Crippen molar-refractivity contribution in [1.29, 1.82) is 0 Å². The highest BCUT2D eigenvalue weighted by atomic mass is 19.4. The van der Waals surface area contributed by atoms with Crippen LogP contribution in [0.3, 0.4) is 0 Å². The summed E-state index contributed by atoms with van der Waals surface area (Å²) in [6, 6.07) is 8.98. The average Bonchev–Trinajstić information content (AvgIpc) is 2.46. The second-order valence-corrected chi connectivity index (χ2v) is 4.20. The van der Waals surface area contributed by atoms with Crippen LogP contribution in [0.1, 0.15) is 26.3 Å². The molecule has 0 unspecified atom stereocenters. The van der Waals surface area contributed by atoms with E-state index in [2.05, 4.69) is 0 Å². The van der Waals surface area contributed by atoms with Gasteiger partial charge in [-0.15, -0.1) is 0 Å². The minimum atomic E-state index is -4.39. The highest BCUT2D eigenvalue weighted by Crippen LogP contribution is 2.31. The fraction of sp³-hybridized carbons (Fsp3) is 0.0667. The van der Waals surface area contributed by atoms with Crippen LogP contribution in [0, 0.1) is 0 Å². The van der Waals surface area contributed by atoms with Crippen molar-refractivity contribution in [2.75, 3.05) is 0 Å². The third-order valence-corrected chi connectivity index (χ3v) is 2.80. The Hall–Kier alpha value is -2.43. The largest absolute Gasteiger partial charge is 0.416 e. The molecule has 0 aromatic heterocycles. The predicted octanol–water partition coefficient (Wildman–Crippen LogP) is 4.00. The van der Waals surface area contributed by atoms with Gasteiger partial charge in [-0.1, -0.05) is 12.1 Å². The molecule has 0 aliphatic rings. The van der Waals surface area contributed by atoms with E-state index in [1.54, 1.807) is 0 Å². The van der Waals surface area contributed by atoms with Gasteiger partial charge in [0.25, 0.3) is 0 Å². The lowest BCUT2D eigenvalue weighted by Gasteiger charge is -2.08. The lowest BCUT2D eigenvalue weighted by atomic mass is 9.99. The Balaban J connectivity index is 2.46. The molecule has 20 heavy (non-hydrogen) atoms. The van der Waals surface area contributed by atoms with E-state index in [1.165, 1.54) is 30.3 Å². The van der Waals surface area contributed by atoms with Crippen molar-refractivity contribution in [3.8, 4) is 11.1 Å². The molecule has 2 nitrogen and oxygen atoms in total. The van der Waals surface area contributed by atoms with Gasteiger partial charge in [0.2, 0.25) is 0 Å². The first-order valence-electron chi connectivity index (χ1n) is 5.67. The Morgan fingerprint density at radius 2 is 1.25 bits per heavy atom. The molecule has 0 saturated carbocycles. The molecular formula is C15H9F3O2. The summed E-state index contributed by atoms with van der Waals surface area (Å²) in [5, 5.41) is 0. The van der Waals surface area contributed by atoms with Crippen LogP contribution in [0.25, 0.3) is 11.1 Å². The number of benzene rings is 2.